The van der Waals surface area contributed by atoms with Crippen LogP contribution in [0.3, 0.4) is 0 Å². The van der Waals surface area contributed by atoms with Crippen LogP contribution in [0.25, 0.3) is 11.3 Å². The second-order valence-corrected chi connectivity index (χ2v) is 6.59. The molecular weight excluding hydrogens is 374 g/mol. The number of carbonyl (C=O) groups excluding carboxylic acids is 1. The highest BCUT2D eigenvalue weighted by Crippen LogP contribution is 2.43. The number of nitrogens with zero attached hydrogens (tertiary/aromatic N) is 2. The van der Waals surface area contributed by atoms with Crippen molar-refractivity contribution in [2.75, 3.05) is 27.4 Å². The van der Waals surface area contributed by atoms with Gasteiger partial charge in [-0.25, -0.2) is 0 Å². The van der Waals surface area contributed by atoms with Gasteiger partial charge in [0.15, 0.2) is 6.29 Å². The molecule has 2 aromatic heterocycles. The quantitative estimate of drug-likeness (QED) is 0.587. The first-order valence-electron chi connectivity index (χ1n) is 9.39. The van der Waals surface area contributed by atoms with Crippen LogP contribution in [0.5, 0.6) is 5.75 Å². The average molecular weight is 397 g/mol. The number of ether oxygens (including phenoxy) is 3. The summed E-state index contributed by atoms with van der Waals surface area (Å²) in [6.07, 6.45) is 1.04. The number of H-pyrrole nitrogens is 1. The molecule has 1 aromatic carbocycles. The van der Waals surface area contributed by atoms with Gasteiger partial charge in [-0.3, -0.25) is 9.89 Å². The molecule has 3 heterocycles. The monoisotopic (exact) mass is 397 g/mol. The van der Waals surface area contributed by atoms with Crippen molar-refractivity contribution in [2.45, 2.75) is 19.3 Å². The lowest BCUT2D eigenvalue weighted by atomic mass is 10.00. The van der Waals surface area contributed by atoms with Gasteiger partial charge < -0.3 is 23.5 Å². The number of benzene rings is 1. The largest absolute Gasteiger partial charge is 0.494 e. The third-order valence-electron chi connectivity index (χ3n) is 4.99. The molecule has 0 saturated carbocycles. The van der Waals surface area contributed by atoms with E-state index in [1.54, 1.807) is 31.4 Å². The molecule has 3 aromatic rings. The number of carbonyl (C=O) groups is 1. The second-order valence-electron chi connectivity index (χ2n) is 6.59. The van der Waals surface area contributed by atoms with Crippen LogP contribution in [0.4, 0.5) is 0 Å². The number of rotatable bonds is 8. The van der Waals surface area contributed by atoms with Crippen LogP contribution < -0.4 is 4.74 Å². The number of amides is 1. The zero-order valence-corrected chi connectivity index (χ0v) is 16.5. The average Bonchev–Trinajstić information content (AvgIpc) is 3.46. The molecule has 8 heteroatoms. The molecule has 0 saturated heterocycles. The summed E-state index contributed by atoms with van der Waals surface area (Å²) in [5.41, 5.74) is 2.81. The molecule has 0 bridgehead atoms. The van der Waals surface area contributed by atoms with Crippen LogP contribution in [0.15, 0.2) is 47.1 Å². The lowest BCUT2D eigenvalue weighted by molar-refractivity contribution is -0.114. The maximum absolute atomic E-state index is 13.1. The standard InChI is InChI=1S/C21H23N3O5/c1-4-28-14-9-7-13(8-10-14)18-17-19(23-22-18)21(25)24(12-16(26-2)27-3)20(17)15-6-5-11-29-15/h5-11,16,20H,4,12H2,1-3H3,(H,22,23). The van der Waals surface area contributed by atoms with E-state index in [9.17, 15) is 4.79 Å². The molecular formula is C21H23N3O5. The van der Waals surface area contributed by atoms with Crippen molar-refractivity contribution in [2.24, 2.45) is 0 Å². The van der Waals surface area contributed by atoms with Gasteiger partial charge in [0, 0.05) is 25.3 Å². The van der Waals surface area contributed by atoms with Gasteiger partial charge in [0.1, 0.15) is 23.2 Å². The first-order chi connectivity index (χ1) is 14.2. The minimum atomic E-state index is -0.553. The van der Waals surface area contributed by atoms with Gasteiger partial charge in [-0.1, -0.05) is 0 Å². The van der Waals surface area contributed by atoms with Gasteiger partial charge in [0.05, 0.1) is 25.1 Å². The van der Waals surface area contributed by atoms with Crippen molar-refractivity contribution in [1.82, 2.24) is 15.1 Å². The number of methoxy groups -OCH3 is 2. The van der Waals surface area contributed by atoms with Crippen molar-refractivity contribution in [3.63, 3.8) is 0 Å². The second kappa shape index (κ2) is 8.10. The molecule has 1 aliphatic rings. The van der Waals surface area contributed by atoms with Crippen molar-refractivity contribution >= 4 is 5.91 Å². The highest BCUT2D eigenvalue weighted by molar-refractivity contribution is 6.00. The minimum absolute atomic E-state index is 0.176. The number of hydrogen-bond acceptors (Lipinski definition) is 6. The fourth-order valence-electron chi connectivity index (χ4n) is 3.63. The Balaban J connectivity index is 1.76. The highest BCUT2D eigenvalue weighted by atomic mass is 16.7. The van der Waals surface area contributed by atoms with Crippen LogP contribution in [-0.4, -0.2) is 54.7 Å². The summed E-state index contributed by atoms with van der Waals surface area (Å²) in [7, 11) is 3.09. The summed E-state index contributed by atoms with van der Waals surface area (Å²) < 4.78 is 21.8. The Morgan fingerprint density at radius 1 is 1.21 bits per heavy atom. The lowest BCUT2D eigenvalue weighted by Crippen LogP contribution is -2.37. The summed E-state index contributed by atoms with van der Waals surface area (Å²) in [4.78, 5) is 14.8. The molecule has 0 aliphatic carbocycles. The maximum atomic E-state index is 13.1. The Labute approximate surface area is 168 Å². The number of hydrogen-bond donors (Lipinski definition) is 1. The van der Waals surface area contributed by atoms with E-state index in [4.69, 9.17) is 18.6 Å². The Morgan fingerprint density at radius 2 is 1.97 bits per heavy atom. The van der Waals surface area contributed by atoms with Crippen LogP contribution in [0, 0.1) is 0 Å². The molecule has 29 heavy (non-hydrogen) atoms. The predicted octanol–water partition coefficient (Wildman–Crippen LogP) is 3.23. The van der Waals surface area contributed by atoms with E-state index < -0.39 is 12.3 Å². The zero-order valence-electron chi connectivity index (χ0n) is 16.5. The molecule has 0 spiro atoms. The number of furan rings is 1. The molecule has 1 amide bonds. The summed E-state index contributed by atoms with van der Waals surface area (Å²) in [6, 6.07) is 10.9. The molecule has 0 radical (unpaired) electrons. The van der Waals surface area contributed by atoms with E-state index in [0.717, 1.165) is 16.9 Å². The van der Waals surface area contributed by atoms with E-state index in [1.807, 2.05) is 37.3 Å². The molecule has 1 N–H and O–H groups in total. The lowest BCUT2D eigenvalue weighted by Gasteiger charge is -2.27. The van der Waals surface area contributed by atoms with Crippen molar-refractivity contribution < 1.29 is 23.4 Å². The first-order valence-corrected chi connectivity index (χ1v) is 9.39. The number of fused-ring (bicyclic) bond motifs is 1. The third-order valence-corrected chi connectivity index (χ3v) is 4.99. The van der Waals surface area contributed by atoms with Gasteiger partial charge in [-0.05, 0) is 43.3 Å². The molecule has 1 aliphatic heterocycles. The Hall–Kier alpha value is -3.10. The van der Waals surface area contributed by atoms with Crippen LogP contribution >= 0.6 is 0 Å². The van der Waals surface area contributed by atoms with Crippen molar-refractivity contribution in [3.8, 4) is 17.0 Å². The molecule has 8 nitrogen and oxygen atoms in total. The van der Waals surface area contributed by atoms with Crippen molar-refractivity contribution in [3.05, 3.63) is 59.7 Å². The molecule has 1 unspecified atom stereocenters. The smallest absolute Gasteiger partial charge is 0.273 e. The minimum Gasteiger partial charge on any atom is -0.494 e. The number of nitrogens with one attached hydrogen (secondary N) is 1. The number of aromatic amines is 1. The molecule has 4 rings (SSSR count). The number of aromatic nitrogens is 2. The van der Waals surface area contributed by atoms with Gasteiger partial charge in [-0.2, -0.15) is 5.10 Å². The first kappa shape index (κ1) is 19.2. The van der Waals surface area contributed by atoms with E-state index in [-0.39, 0.29) is 12.5 Å². The normalized spacial score (nSPS) is 15.9. The van der Waals surface area contributed by atoms with Gasteiger partial charge in [0.25, 0.3) is 5.91 Å². The summed E-state index contributed by atoms with van der Waals surface area (Å²) >= 11 is 0. The van der Waals surface area contributed by atoms with Gasteiger partial charge in [-0.15, -0.1) is 0 Å². The molecule has 152 valence electrons. The SMILES string of the molecule is CCOc1ccc(-c2n[nH]c3c2C(c2ccco2)N(CC(OC)OC)C3=O)cc1. The van der Waals surface area contributed by atoms with E-state index in [2.05, 4.69) is 10.2 Å². The fraction of sp³-hybridized carbons (Fsp3) is 0.333. The van der Waals surface area contributed by atoms with Crippen LogP contribution in [-0.2, 0) is 9.47 Å². The van der Waals surface area contributed by atoms with Crippen LogP contribution in [0.2, 0.25) is 0 Å². The molecule has 1 atom stereocenters. The highest BCUT2D eigenvalue weighted by Gasteiger charge is 2.44. The Kier molecular flexibility index (Phi) is 5.37. The van der Waals surface area contributed by atoms with E-state index >= 15 is 0 Å². The summed E-state index contributed by atoms with van der Waals surface area (Å²) in [5.74, 6) is 1.26. The fourth-order valence-corrected chi connectivity index (χ4v) is 3.63. The predicted molar refractivity (Wildman–Crippen MR) is 105 cm³/mol. The summed E-state index contributed by atoms with van der Waals surface area (Å²) in [5, 5.41) is 7.34. The van der Waals surface area contributed by atoms with Gasteiger partial charge >= 0.3 is 0 Å². The Bertz CT molecular complexity index is 961. The van der Waals surface area contributed by atoms with Gasteiger partial charge in [0.2, 0.25) is 0 Å². The van der Waals surface area contributed by atoms with E-state index in [0.29, 0.717) is 23.8 Å². The van der Waals surface area contributed by atoms with E-state index in [1.165, 1.54) is 0 Å². The van der Waals surface area contributed by atoms with Crippen molar-refractivity contribution in [1.29, 1.82) is 0 Å². The Morgan fingerprint density at radius 3 is 2.59 bits per heavy atom. The zero-order chi connectivity index (χ0) is 20.4. The molecule has 0 fully saturated rings. The van der Waals surface area contributed by atoms with Crippen LogP contribution in [0.1, 0.15) is 34.8 Å². The topological polar surface area (TPSA) is 89.8 Å². The third kappa shape index (κ3) is 3.41. The summed E-state index contributed by atoms with van der Waals surface area (Å²) in [6.45, 7) is 2.79. The maximum Gasteiger partial charge on any atom is 0.273 e.